The number of halogens is 1. The first kappa shape index (κ1) is 28.8. The summed E-state index contributed by atoms with van der Waals surface area (Å²) in [5.41, 5.74) is 4.25. The molecular formula is C35H29BrN2O4S. The zero-order chi connectivity index (χ0) is 30.1. The second kappa shape index (κ2) is 12.1. The van der Waals surface area contributed by atoms with Gasteiger partial charge in [0.05, 0.1) is 28.5 Å². The molecule has 0 N–H and O–H groups in total. The number of aromatic nitrogens is 1. The molecule has 5 aromatic rings. The van der Waals surface area contributed by atoms with Crippen LogP contribution in [0.1, 0.15) is 55.2 Å². The van der Waals surface area contributed by atoms with E-state index in [0.717, 1.165) is 21.2 Å². The number of rotatable bonds is 7. The van der Waals surface area contributed by atoms with Gasteiger partial charge in [0.15, 0.2) is 4.80 Å². The fraction of sp³-hybridized carbons (Fsp3) is 0.171. The first-order chi connectivity index (χ1) is 20.8. The molecular weight excluding hydrogens is 624 g/mol. The van der Waals surface area contributed by atoms with Crippen molar-refractivity contribution in [2.24, 2.45) is 4.99 Å². The third-order valence-electron chi connectivity index (χ3n) is 7.30. The second-order valence-electron chi connectivity index (χ2n) is 10.5. The van der Waals surface area contributed by atoms with E-state index >= 15 is 0 Å². The van der Waals surface area contributed by atoms with Crippen LogP contribution < -0.4 is 14.9 Å². The van der Waals surface area contributed by atoms with Crippen LogP contribution in [0.4, 0.5) is 0 Å². The lowest BCUT2D eigenvalue weighted by Crippen LogP contribution is -2.40. The van der Waals surface area contributed by atoms with Crippen molar-refractivity contribution in [2.75, 3.05) is 6.61 Å². The van der Waals surface area contributed by atoms with E-state index in [1.807, 2.05) is 91.0 Å². The summed E-state index contributed by atoms with van der Waals surface area (Å²) in [6.07, 6.45) is 1.74. The summed E-state index contributed by atoms with van der Waals surface area (Å²) in [5, 5.41) is 0. The van der Waals surface area contributed by atoms with Gasteiger partial charge in [0.1, 0.15) is 11.5 Å². The van der Waals surface area contributed by atoms with E-state index in [1.165, 1.54) is 16.9 Å². The number of carbonyl (C=O) groups excluding carboxylic acids is 1. The molecule has 2 aromatic heterocycles. The smallest absolute Gasteiger partial charge is 0.338 e. The molecule has 0 amide bonds. The van der Waals surface area contributed by atoms with Crippen molar-refractivity contribution in [3.63, 3.8) is 0 Å². The molecule has 1 unspecified atom stereocenters. The van der Waals surface area contributed by atoms with Gasteiger partial charge in [-0.05, 0) is 48.2 Å². The number of ether oxygens (including phenoxy) is 1. The summed E-state index contributed by atoms with van der Waals surface area (Å²) in [5.74, 6) is 1.08. The predicted molar refractivity (Wildman–Crippen MR) is 173 cm³/mol. The van der Waals surface area contributed by atoms with Crippen molar-refractivity contribution < 1.29 is 13.9 Å². The lowest BCUT2D eigenvalue weighted by molar-refractivity contribution is -0.138. The highest BCUT2D eigenvalue weighted by Crippen LogP contribution is 2.35. The summed E-state index contributed by atoms with van der Waals surface area (Å²) in [7, 11) is 0. The largest absolute Gasteiger partial charge is 0.463 e. The average molecular weight is 654 g/mol. The van der Waals surface area contributed by atoms with E-state index in [0.29, 0.717) is 38.0 Å². The summed E-state index contributed by atoms with van der Waals surface area (Å²) in [6, 6.07) is 28.5. The molecule has 6 nitrogen and oxygen atoms in total. The monoisotopic (exact) mass is 652 g/mol. The minimum atomic E-state index is -0.720. The molecule has 0 saturated heterocycles. The number of furan rings is 1. The molecule has 8 heteroatoms. The van der Waals surface area contributed by atoms with Gasteiger partial charge in [0.25, 0.3) is 5.56 Å². The Morgan fingerprint density at radius 1 is 1.02 bits per heavy atom. The molecule has 43 heavy (non-hydrogen) atoms. The van der Waals surface area contributed by atoms with Gasteiger partial charge in [-0.25, -0.2) is 9.79 Å². The predicted octanol–water partition coefficient (Wildman–Crippen LogP) is 7.08. The van der Waals surface area contributed by atoms with Crippen LogP contribution in [0, 0.1) is 0 Å². The molecule has 0 fully saturated rings. The van der Waals surface area contributed by atoms with Crippen molar-refractivity contribution in [1.82, 2.24) is 4.57 Å². The van der Waals surface area contributed by atoms with Gasteiger partial charge in [-0.2, -0.15) is 0 Å². The molecule has 0 bridgehead atoms. The average Bonchev–Trinajstić information content (AvgIpc) is 3.61. The van der Waals surface area contributed by atoms with Gasteiger partial charge >= 0.3 is 5.97 Å². The number of carbonyl (C=O) groups is 1. The first-order valence-corrected chi connectivity index (χ1v) is 15.7. The molecule has 1 aliphatic rings. The number of hydrogen-bond donors (Lipinski definition) is 0. The Morgan fingerprint density at radius 2 is 1.77 bits per heavy atom. The van der Waals surface area contributed by atoms with E-state index in [2.05, 4.69) is 29.8 Å². The Labute approximate surface area is 261 Å². The number of esters is 1. The van der Waals surface area contributed by atoms with Crippen LogP contribution in [0.5, 0.6) is 0 Å². The van der Waals surface area contributed by atoms with Gasteiger partial charge in [-0.1, -0.05) is 108 Å². The van der Waals surface area contributed by atoms with E-state index in [4.69, 9.17) is 14.1 Å². The Balaban J connectivity index is 1.56. The maximum absolute atomic E-state index is 14.1. The lowest BCUT2D eigenvalue weighted by atomic mass is 9.91. The zero-order valence-electron chi connectivity index (χ0n) is 23.9. The highest BCUT2D eigenvalue weighted by molar-refractivity contribution is 9.10. The lowest BCUT2D eigenvalue weighted by Gasteiger charge is -2.26. The molecule has 0 saturated carbocycles. The molecule has 0 aliphatic carbocycles. The molecule has 1 aliphatic heterocycles. The number of fused-ring (bicyclic) bond motifs is 1. The van der Waals surface area contributed by atoms with Crippen molar-refractivity contribution in [3.8, 4) is 11.3 Å². The van der Waals surface area contributed by atoms with Gasteiger partial charge in [0, 0.05) is 21.7 Å². The summed E-state index contributed by atoms with van der Waals surface area (Å²) >= 11 is 4.78. The number of hydrogen-bond acceptors (Lipinski definition) is 6. The zero-order valence-corrected chi connectivity index (χ0v) is 26.3. The summed E-state index contributed by atoms with van der Waals surface area (Å²) in [4.78, 5) is 33.2. The first-order valence-electron chi connectivity index (χ1n) is 14.1. The number of nitrogens with zero attached hydrogens (tertiary/aromatic N) is 2. The fourth-order valence-corrected chi connectivity index (χ4v) is 6.56. The molecule has 216 valence electrons. The van der Waals surface area contributed by atoms with Crippen LogP contribution in [-0.4, -0.2) is 17.1 Å². The maximum Gasteiger partial charge on any atom is 0.338 e. The van der Waals surface area contributed by atoms with Gasteiger partial charge in [-0.15, -0.1) is 0 Å². The van der Waals surface area contributed by atoms with Gasteiger partial charge in [-0.3, -0.25) is 9.36 Å². The topological polar surface area (TPSA) is 73.8 Å². The van der Waals surface area contributed by atoms with Crippen LogP contribution in [0.3, 0.4) is 0 Å². The third-order valence-corrected chi connectivity index (χ3v) is 8.78. The molecule has 0 spiro atoms. The van der Waals surface area contributed by atoms with E-state index in [-0.39, 0.29) is 12.2 Å². The Bertz CT molecular complexity index is 2020. The second-order valence-corrected chi connectivity index (χ2v) is 12.4. The SMILES string of the molecule is CCOC(=O)C1=C(c2ccccc2)N=c2s/c(=C\c3ccc(-c4cccc(Br)c4)o3)c(=O)n2C1c1ccc(C(C)C)cc1. The molecule has 0 radical (unpaired) electrons. The molecule has 1 atom stereocenters. The molecule has 6 rings (SSSR count). The van der Waals surface area contributed by atoms with Crippen molar-refractivity contribution in [3.05, 3.63) is 143 Å². The van der Waals surface area contributed by atoms with Crippen LogP contribution in [-0.2, 0) is 9.53 Å². The summed E-state index contributed by atoms with van der Waals surface area (Å²) < 4.78 is 14.7. The summed E-state index contributed by atoms with van der Waals surface area (Å²) in [6.45, 7) is 6.24. The van der Waals surface area contributed by atoms with Gasteiger partial charge < -0.3 is 9.15 Å². The molecule has 3 heterocycles. The van der Waals surface area contributed by atoms with Crippen molar-refractivity contribution >= 4 is 45.0 Å². The maximum atomic E-state index is 14.1. The van der Waals surface area contributed by atoms with Crippen molar-refractivity contribution in [1.29, 1.82) is 0 Å². The quantitative estimate of drug-likeness (QED) is 0.176. The van der Waals surface area contributed by atoms with E-state index < -0.39 is 12.0 Å². The minimum absolute atomic E-state index is 0.201. The Morgan fingerprint density at radius 3 is 2.47 bits per heavy atom. The van der Waals surface area contributed by atoms with Crippen LogP contribution in [0.25, 0.3) is 23.1 Å². The van der Waals surface area contributed by atoms with Crippen LogP contribution in [0.2, 0.25) is 0 Å². The number of thiazole rings is 1. The normalized spacial score (nSPS) is 15.0. The minimum Gasteiger partial charge on any atom is -0.463 e. The van der Waals surface area contributed by atoms with Crippen molar-refractivity contribution in [2.45, 2.75) is 32.7 Å². The Hall–Kier alpha value is -4.27. The van der Waals surface area contributed by atoms with E-state index in [1.54, 1.807) is 17.6 Å². The van der Waals surface area contributed by atoms with Gasteiger partial charge in [0.2, 0.25) is 0 Å². The Kier molecular flexibility index (Phi) is 8.15. The standard InChI is InChI=1S/C35H29BrN2O4S/c1-4-41-34(40)30-31(23-9-6-5-7-10-23)37-35-38(32(30)24-15-13-22(14-16-24)21(2)3)33(39)29(43-35)20-27-17-18-28(42-27)25-11-8-12-26(36)19-25/h5-21,32H,4H2,1-3H3/b29-20-. The van der Waals surface area contributed by atoms with Crippen LogP contribution in [0.15, 0.2) is 115 Å². The van der Waals surface area contributed by atoms with Crippen LogP contribution >= 0.6 is 27.3 Å². The highest BCUT2D eigenvalue weighted by Gasteiger charge is 2.35. The van der Waals surface area contributed by atoms with E-state index in [9.17, 15) is 9.59 Å². The fourth-order valence-electron chi connectivity index (χ4n) is 5.18. The molecule has 3 aromatic carbocycles. The highest BCUT2D eigenvalue weighted by atomic mass is 79.9. The third kappa shape index (κ3) is 5.72. The number of benzene rings is 3.